The SMILES string of the molecule is O=S(=O)(Nc1cccc(-c2csc(-c3ccccc3)n2)c1)c1ccccc1. The van der Waals surface area contributed by atoms with Crippen LogP contribution in [0.25, 0.3) is 21.8 Å². The van der Waals surface area contributed by atoms with E-state index < -0.39 is 10.0 Å². The molecule has 3 aromatic carbocycles. The van der Waals surface area contributed by atoms with Crippen molar-refractivity contribution in [3.8, 4) is 21.8 Å². The molecule has 0 saturated carbocycles. The van der Waals surface area contributed by atoms with E-state index in [1.807, 2.05) is 47.8 Å². The van der Waals surface area contributed by atoms with Crippen molar-refractivity contribution < 1.29 is 8.42 Å². The van der Waals surface area contributed by atoms with Gasteiger partial charge in [-0.2, -0.15) is 0 Å². The van der Waals surface area contributed by atoms with Gasteiger partial charge >= 0.3 is 0 Å². The fourth-order valence-electron chi connectivity index (χ4n) is 2.68. The molecule has 0 aliphatic carbocycles. The number of sulfonamides is 1. The van der Waals surface area contributed by atoms with Crippen molar-refractivity contribution in [3.63, 3.8) is 0 Å². The molecule has 134 valence electrons. The third-order valence-electron chi connectivity index (χ3n) is 3.99. The van der Waals surface area contributed by atoms with Gasteiger partial charge in [-0.05, 0) is 24.3 Å². The summed E-state index contributed by atoms with van der Waals surface area (Å²) in [5, 5.41) is 2.91. The molecular formula is C21H16N2O2S2. The molecule has 6 heteroatoms. The molecule has 0 spiro atoms. The van der Waals surface area contributed by atoms with Crippen molar-refractivity contribution in [2.75, 3.05) is 4.72 Å². The molecule has 4 aromatic rings. The topological polar surface area (TPSA) is 59.1 Å². The van der Waals surface area contributed by atoms with Crippen LogP contribution < -0.4 is 4.72 Å². The lowest BCUT2D eigenvalue weighted by Crippen LogP contribution is -2.12. The zero-order valence-corrected chi connectivity index (χ0v) is 15.9. The number of thiazole rings is 1. The highest BCUT2D eigenvalue weighted by atomic mass is 32.2. The average Bonchev–Trinajstić information content (AvgIpc) is 3.20. The molecular weight excluding hydrogens is 376 g/mol. The predicted octanol–water partition coefficient (Wildman–Crippen LogP) is 5.28. The Morgan fingerprint density at radius 2 is 1.44 bits per heavy atom. The summed E-state index contributed by atoms with van der Waals surface area (Å²) in [5.74, 6) is 0. The van der Waals surface area contributed by atoms with E-state index in [2.05, 4.69) is 9.71 Å². The molecule has 0 saturated heterocycles. The van der Waals surface area contributed by atoms with Gasteiger partial charge in [0, 0.05) is 22.2 Å². The van der Waals surface area contributed by atoms with Crippen LogP contribution in [0.15, 0.2) is 95.2 Å². The van der Waals surface area contributed by atoms with Crippen molar-refractivity contribution >= 4 is 27.0 Å². The molecule has 0 atom stereocenters. The molecule has 0 radical (unpaired) electrons. The van der Waals surface area contributed by atoms with Crippen molar-refractivity contribution in [3.05, 3.63) is 90.3 Å². The van der Waals surface area contributed by atoms with Gasteiger partial charge in [0.25, 0.3) is 10.0 Å². The van der Waals surface area contributed by atoms with E-state index in [1.54, 1.807) is 53.8 Å². The second-order valence-electron chi connectivity index (χ2n) is 5.90. The number of rotatable bonds is 5. The number of hydrogen-bond donors (Lipinski definition) is 1. The van der Waals surface area contributed by atoms with E-state index in [1.165, 1.54) is 0 Å². The number of anilines is 1. The quantitative estimate of drug-likeness (QED) is 0.503. The molecule has 0 aliphatic heterocycles. The normalized spacial score (nSPS) is 11.3. The van der Waals surface area contributed by atoms with Crippen LogP contribution in [0.5, 0.6) is 0 Å². The van der Waals surface area contributed by atoms with Crippen LogP contribution in [0.4, 0.5) is 5.69 Å². The van der Waals surface area contributed by atoms with Crippen LogP contribution in [0.2, 0.25) is 0 Å². The number of aromatic nitrogens is 1. The monoisotopic (exact) mass is 392 g/mol. The maximum absolute atomic E-state index is 12.5. The molecule has 0 bridgehead atoms. The molecule has 0 unspecified atom stereocenters. The molecule has 1 heterocycles. The average molecular weight is 393 g/mol. The van der Waals surface area contributed by atoms with Gasteiger partial charge in [-0.3, -0.25) is 4.72 Å². The second kappa shape index (κ2) is 7.34. The second-order valence-corrected chi connectivity index (χ2v) is 8.44. The van der Waals surface area contributed by atoms with Crippen LogP contribution in [-0.2, 0) is 10.0 Å². The van der Waals surface area contributed by atoms with Crippen LogP contribution >= 0.6 is 11.3 Å². The van der Waals surface area contributed by atoms with Gasteiger partial charge in [-0.1, -0.05) is 60.7 Å². The Morgan fingerprint density at radius 3 is 2.19 bits per heavy atom. The lowest BCUT2D eigenvalue weighted by atomic mass is 10.1. The number of nitrogens with zero attached hydrogens (tertiary/aromatic N) is 1. The summed E-state index contributed by atoms with van der Waals surface area (Å²) >= 11 is 1.56. The van der Waals surface area contributed by atoms with Gasteiger partial charge in [0.15, 0.2) is 0 Å². The van der Waals surface area contributed by atoms with Gasteiger partial charge in [-0.25, -0.2) is 13.4 Å². The largest absolute Gasteiger partial charge is 0.280 e. The smallest absolute Gasteiger partial charge is 0.261 e. The van der Waals surface area contributed by atoms with E-state index in [-0.39, 0.29) is 4.90 Å². The standard InChI is InChI=1S/C21H16N2O2S2/c24-27(25,19-12-5-2-6-13-19)23-18-11-7-10-17(14-18)20-15-26-21(22-20)16-8-3-1-4-9-16/h1-15,23H. The van der Waals surface area contributed by atoms with Crippen molar-refractivity contribution in [2.24, 2.45) is 0 Å². The van der Waals surface area contributed by atoms with Gasteiger partial charge in [0.1, 0.15) is 5.01 Å². The van der Waals surface area contributed by atoms with E-state index in [9.17, 15) is 8.42 Å². The molecule has 4 rings (SSSR count). The molecule has 27 heavy (non-hydrogen) atoms. The zero-order chi connectivity index (χ0) is 18.7. The van der Waals surface area contributed by atoms with Gasteiger partial charge in [0.05, 0.1) is 10.6 Å². The fraction of sp³-hybridized carbons (Fsp3) is 0. The number of hydrogen-bond acceptors (Lipinski definition) is 4. The van der Waals surface area contributed by atoms with Gasteiger partial charge in [0.2, 0.25) is 0 Å². The molecule has 0 amide bonds. The highest BCUT2D eigenvalue weighted by molar-refractivity contribution is 7.92. The molecule has 0 aliphatic rings. The van der Waals surface area contributed by atoms with E-state index in [0.29, 0.717) is 5.69 Å². The van der Waals surface area contributed by atoms with Crippen molar-refractivity contribution in [1.82, 2.24) is 4.98 Å². The summed E-state index contributed by atoms with van der Waals surface area (Å²) < 4.78 is 27.7. The Hall–Kier alpha value is -2.96. The summed E-state index contributed by atoms with van der Waals surface area (Å²) in [4.78, 5) is 4.92. The Labute approximate surface area is 162 Å². The first-order valence-corrected chi connectivity index (χ1v) is 10.7. The molecule has 1 N–H and O–H groups in total. The molecule has 4 nitrogen and oxygen atoms in total. The number of benzene rings is 3. The van der Waals surface area contributed by atoms with Crippen LogP contribution in [0, 0.1) is 0 Å². The lowest BCUT2D eigenvalue weighted by molar-refractivity contribution is 0.601. The van der Waals surface area contributed by atoms with E-state index in [0.717, 1.165) is 21.8 Å². The van der Waals surface area contributed by atoms with Gasteiger partial charge < -0.3 is 0 Å². The summed E-state index contributed by atoms with van der Waals surface area (Å²) in [5.41, 5.74) is 3.25. The first-order chi connectivity index (χ1) is 13.1. The van der Waals surface area contributed by atoms with Crippen LogP contribution in [0.1, 0.15) is 0 Å². The Morgan fingerprint density at radius 1 is 0.778 bits per heavy atom. The maximum Gasteiger partial charge on any atom is 0.261 e. The van der Waals surface area contributed by atoms with Crippen LogP contribution in [-0.4, -0.2) is 13.4 Å². The fourth-order valence-corrected chi connectivity index (χ4v) is 4.58. The predicted molar refractivity (Wildman–Crippen MR) is 110 cm³/mol. The third kappa shape index (κ3) is 3.92. The highest BCUT2D eigenvalue weighted by Gasteiger charge is 2.14. The third-order valence-corrected chi connectivity index (χ3v) is 6.28. The Kier molecular flexibility index (Phi) is 4.75. The minimum absolute atomic E-state index is 0.232. The molecule has 1 aromatic heterocycles. The summed E-state index contributed by atoms with van der Waals surface area (Å²) in [6.45, 7) is 0. The Bertz CT molecular complexity index is 1160. The zero-order valence-electron chi connectivity index (χ0n) is 14.2. The van der Waals surface area contributed by atoms with Gasteiger partial charge in [-0.15, -0.1) is 11.3 Å². The van der Waals surface area contributed by atoms with E-state index >= 15 is 0 Å². The summed E-state index contributed by atoms with van der Waals surface area (Å²) in [6.07, 6.45) is 0. The summed E-state index contributed by atoms with van der Waals surface area (Å²) in [7, 11) is -3.62. The minimum atomic E-state index is -3.62. The summed E-state index contributed by atoms with van der Waals surface area (Å²) in [6, 6.07) is 25.6. The maximum atomic E-state index is 12.5. The van der Waals surface area contributed by atoms with E-state index in [4.69, 9.17) is 0 Å². The lowest BCUT2D eigenvalue weighted by Gasteiger charge is -2.09. The first kappa shape index (κ1) is 17.5. The Balaban J connectivity index is 1.61. The van der Waals surface area contributed by atoms with Crippen LogP contribution in [0.3, 0.4) is 0 Å². The first-order valence-electron chi connectivity index (χ1n) is 8.31. The van der Waals surface area contributed by atoms with Crippen molar-refractivity contribution in [2.45, 2.75) is 4.90 Å². The minimum Gasteiger partial charge on any atom is -0.280 e. The number of nitrogens with one attached hydrogen (secondary N) is 1. The molecule has 0 fully saturated rings. The highest BCUT2D eigenvalue weighted by Crippen LogP contribution is 2.30. The van der Waals surface area contributed by atoms with Crippen molar-refractivity contribution in [1.29, 1.82) is 0 Å².